The number of aliphatic hydroxyl groups excluding tert-OH is 1. The highest BCUT2D eigenvalue weighted by Crippen LogP contribution is 2.09. The zero-order valence-corrected chi connectivity index (χ0v) is 12.9. The van der Waals surface area contributed by atoms with Crippen LogP contribution in [0.3, 0.4) is 0 Å². The van der Waals surface area contributed by atoms with Gasteiger partial charge in [-0.15, -0.1) is 0 Å². The van der Waals surface area contributed by atoms with E-state index in [1.54, 1.807) is 0 Å². The van der Waals surface area contributed by atoms with E-state index in [2.05, 4.69) is 49.5 Å². The molecule has 1 aliphatic heterocycles. The van der Waals surface area contributed by atoms with Gasteiger partial charge in [0.1, 0.15) is 3.70 Å². The molecule has 1 saturated heterocycles. The molecule has 1 fully saturated rings. The van der Waals surface area contributed by atoms with Crippen molar-refractivity contribution >= 4 is 22.6 Å². The Labute approximate surface area is 122 Å². The highest BCUT2D eigenvalue weighted by Gasteiger charge is 2.17. The number of halogens is 1. The monoisotopic (exact) mass is 361 g/mol. The van der Waals surface area contributed by atoms with Crippen molar-refractivity contribution in [2.45, 2.75) is 19.6 Å². The van der Waals surface area contributed by atoms with Crippen molar-refractivity contribution in [1.82, 2.24) is 14.8 Å². The third-order valence-corrected chi connectivity index (χ3v) is 3.82. The van der Waals surface area contributed by atoms with Gasteiger partial charge in [0.15, 0.2) is 0 Å². The molecule has 0 spiro atoms. The number of β-amino-alcohol motifs (C(OH)–C–C–N with tert-alkyl or cyclic N) is 1. The van der Waals surface area contributed by atoms with E-state index in [-0.39, 0.29) is 6.10 Å². The van der Waals surface area contributed by atoms with Crippen molar-refractivity contribution in [2.75, 3.05) is 32.7 Å². The molecule has 1 aromatic rings. The zero-order valence-electron chi connectivity index (χ0n) is 10.7. The molecule has 0 saturated carbocycles. The summed E-state index contributed by atoms with van der Waals surface area (Å²) in [4.78, 5) is 9.09. The Morgan fingerprint density at radius 2 is 1.94 bits per heavy atom. The lowest BCUT2D eigenvalue weighted by Crippen LogP contribution is -2.47. The molecule has 2 heterocycles. The average Bonchev–Trinajstić information content (AvgIpc) is 2.34. The van der Waals surface area contributed by atoms with Crippen molar-refractivity contribution < 1.29 is 5.11 Å². The standard InChI is InChI=1S/C13H20IN3O/c1-11(18)9-16-4-6-17(7-5-16)10-12-2-3-13(14)15-8-12/h2-3,8,11,18H,4-7,9-10H2,1H3. The maximum absolute atomic E-state index is 9.37. The van der Waals surface area contributed by atoms with Crippen molar-refractivity contribution in [3.8, 4) is 0 Å². The van der Waals surface area contributed by atoms with Gasteiger partial charge in [-0.05, 0) is 41.1 Å². The van der Waals surface area contributed by atoms with E-state index in [0.29, 0.717) is 0 Å². The number of pyridine rings is 1. The van der Waals surface area contributed by atoms with Crippen molar-refractivity contribution in [3.05, 3.63) is 27.6 Å². The van der Waals surface area contributed by atoms with Gasteiger partial charge in [0.2, 0.25) is 0 Å². The average molecular weight is 361 g/mol. The molecule has 1 atom stereocenters. The van der Waals surface area contributed by atoms with Crippen LogP contribution in [0.5, 0.6) is 0 Å². The highest BCUT2D eigenvalue weighted by atomic mass is 127. The summed E-state index contributed by atoms with van der Waals surface area (Å²) in [7, 11) is 0. The van der Waals surface area contributed by atoms with E-state index in [9.17, 15) is 5.11 Å². The minimum Gasteiger partial charge on any atom is -0.392 e. The Morgan fingerprint density at radius 1 is 1.28 bits per heavy atom. The van der Waals surface area contributed by atoms with Gasteiger partial charge < -0.3 is 5.11 Å². The van der Waals surface area contributed by atoms with Crippen LogP contribution >= 0.6 is 22.6 Å². The van der Waals surface area contributed by atoms with Gasteiger partial charge in [0, 0.05) is 45.5 Å². The SMILES string of the molecule is CC(O)CN1CCN(Cc2ccc(I)nc2)CC1. The molecular formula is C13H20IN3O. The predicted molar refractivity (Wildman–Crippen MR) is 80.4 cm³/mol. The minimum absolute atomic E-state index is 0.225. The Hall–Kier alpha value is -0.240. The third kappa shape index (κ3) is 4.46. The quantitative estimate of drug-likeness (QED) is 0.646. The molecule has 1 aromatic heterocycles. The van der Waals surface area contributed by atoms with E-state index in [0.717, 1.165) is 43.0 Å². The van der Waals surface area contributed by atoms with E-state index in [1.165, 1.54) is 5.56 Å². The second kappa shape index (κ2) is 6.79. The molecule has 5 heteroatoms. The number of piperazine rings is 1. The molecule has 18 heavy (non-hydrogen) atoms. The first-order chi connectivity index (χ1) is 8.63. The number of aromatic nitrogens is 1. The first kappa shape index (κ1) is 14.2. The molecule has 0 radical (unpaired) electrons. The van der Waals surface area contributed by atoms with Gasteiger partial charge in [-0.2, -0.15) is 0 Å². The third-order valence-electron chi connectivity index (χ3n) is 3.18. The topological polar surface area (TPSA) is 39.6 Å². The molecule has 0 amide bonds. The van der Waals surface area contributed by atoms with E-state index in [1.807, 2.05) is 13.1 Å². The number of nitrogens with zero attached hydrogens (tertiary/aromatic N) is 3. The summed E-state index contributed by atoms with van der Waals surface area (Å²) >= 11 is 2.23. The van der Waals surface area contributed by atoms with Crippen molar-refractivity contribution in [1.29, 1.82) is 0 Å². The first-order valence-electron chi connectivity index (χ1n) is 6.36. The van der Waals surface area contributed by atoms with Crippen LogP contribution in [0, 0.1) is 3.70 Å². The van der Waals surface area contributed by atoms with E-state index >= 15 is 0 Å². The van der Waals surface area contributed by atoms with Crippen LogP contribution in [-0.4, -0.2) is 58.7 Å². The number of hydrogen-bond acceptors (Lipinski definition) is 4. The molecule has 1 N–H and O–H groups in total. The summed E-state index contributed by atoms with van der Waals surface area (Å²) in [6.45, 7) is 7.85. The van der Waals surface area contributed by atoms with Gasteiger partial charge in [0.25, 0.3) is 0 Å². The van der Waals surface area contributed by atoms with Gasteiger partial charge in [-0.25, -0.2) is 0 Å². The van der Waals surface area contributed by atoms with Gasteiger partial charge in [0.05, 0.1) is 6.10 Å². The number of rotatable bonds is 4. The highest BCUT2D eigenvalue weighted by molar-refractivity contribution is 14.1. The molecule has 0 bridgehead atoms. The molecule has 2 rings (SSSR count). The molecule has 1 aliphatic rings. The summed E-state index contributed by atoms with van der Waals surface area (Å²) < 4.78 is 1.04. The maximum atomic E-state index is 9.37. The van der Waals surface area contributed by atoms with Crippen molar-refractivity contribution in [2.24, 2.45) is 0 Å². The van der Waals surface area contributed by atoms with Crippen LogP contribution in [0.15, 0.2) is 18.3 Å². The van der Waals surface area contributed by atoms with Gasteiger partial charge in [-0.1, -0.05) is 6.07 Å². The number of hydrogen-bond donors (Lipinski definition) is 1. The Bertz CT molecular complexity index is 361. The summed E-state index contributed by atoms with van der Waals surface area (Å²) in [5.74, 6) is 0. The Morgan fingerprint density at radius 3 is 2.50 bits per heavy atom. The minimum atomic E-state index is -0.225. The summed E-state index contributed by atoms with van der Waals surface area (Å²) in [5.41, 5.74) is 1.28. The largest absolute Gasteiger partial charge is 0.392 e. The summed E-state index contributed by atoms with van der Waals surface area (Å²) in [6, 6.07) is 4.20. The van der Waals surface area contributed by atoms with Gasteiger partial charge >= 0.3 is 0 Å². The molecular weight excluding hydrogens is 341 g/mol. The fraction of sp³-hybridized carbons (Fsp3) is 0.615. The van der Waals surface area contributed by atoms with Crippen LogP contribution in [0.4, 0.5) is 0 Å². The Balaban J connectivity index is 1.78. The smallest absolute Gasteiger partial charge is 0.101 e. The second-order valence-electron chi connectivity index (χ2n) is 4.91. The van der Waals surface area contributed by atoms with Crippen LogP contribution in [0.25, 0.3) is 0 Å². The fourth-order valence-corrected chi connectivity index (χ4v) is 2.58. The molecule has 1 unspecified atom stereocenters. The summed E-state index contributed by atoms with van der Waals surface area (Å²) in [6.07, 6.45) is 1.74. The second-order valence-corrected chi connectivity index (χ2v) is 6.02. The predicted octanol–water partition coefficient (Wildman–Crippen LogP) is 1.18. The van der Waals surface area contributed by atoms with Crippen LogP contribution in [0.2, 0.25) is 0 Å². The van der Waals surface area contributed by atoms with Gasteiger partial charge in [-0.3, -0.25) is 14.8 Å². The molecule has 0 aliphatic carbocycles. The summed E-state index contributed by atoms with van der Waals surface area (Å²) in [5, 5.41) is 9.37. The molecule has 100 valence electrons. The molecule has 0 aromatic carbocycles. The normalized spacial score (nSPS) is 19.9. The zero-order chi connectivity index (χ0) is 13.0. The van der Waals surface area contributed by atoms with E-state index < -0.39 is 0 Å². The molecule has 4 nitrogen and oxygen atoms in total. The lowest BCUT2D eigenvalue weighted by Gasteiger charge is -2.35. The van der Waals surface area contributed by atoms with Crippen LogP contribution < -0.4 is 0 Å². The van der Waals surface area contributed by atoms with Crippen LogP contribution in [-0.2, 0) is 6.54 Å². The van der Waals surface area contributed by atoms with E-state index in [4.69, 9.17) is 0 Å². The maximum Gasteiger partial charge on any atom is 0.101 e. The lowest BCUT2D eigenvalue weighted by molar-refractivity contribution is 0.0780. The van der Waals surface area contributed by atoms with Crippen molar-refractivity contribution in [3.63, 3.8) is 0 Å². The first-order valence-corrected chi connectivity index (χ1v) is 7.44. The Kier molecular flexibility index (Phi) is 5.35. The lowest BCUT2D eigenvalue weighted by atomic mass is 10.2. The van der Waals surface area contributed by atoms with Crippen LogP contribution in [0.1, 0.15) is 12.5 Å². The number of aliphatic hydroxyl groups is 1. The fourth-order valence-electron chi connectivity index (χ4n) is 2.26.